The average Bonchev–Trinajstić information content (AvgIpc) is 2.44. The van der Waals surface area contributed by atoms with Crippen LogP contribution in [0.2, 0.25) is 0 Å². The Kier molecular flexibility index (Phi) is 5.01. The predicted molar refractivity (Wildman–Crippen MR) is 82.2 cm³/mol. The highest BCUT2D eigenvalue weighted by molar-refractivity contribution is 7.99. The summed E-state index contributed by atoms with van der Waals surface area (Å²) in [6, 6.07) is 13.6. The molecule has 2 aromatic carbocycles. The summed E-state index contributed by atoms with van der Waals surface area (Å²) in [5, 5.41) is 13.5. The van der Waals surface area contributed by atoms with Crippen LogP contribution in [0.3, 0.4) is 0 Å². The van der Waals surface area contributed by atoms with Crippen LogP contribution < -0.4 is 5.32 Å². The normalized spacial score (nSPS) is 10.4. The van der Waals surface area contributed by atoms with E-state index in [1.807, 2.05) is 42.5 Å². The number of nitrogens with one attached hydrogen (secondary N) is 1. The molecule has 0 aromatic heterocycles. The Hall–Kier alpha value is -2.01. The Morgan fingerprint density at radius 2 is 1.85 bits per heavy atom. The summed E-state index contributed by atoms with van der Waals surface area (Å²) in [7, 11) is 0. The molecule has 4 nitrogen and oxygen atoms in total. The number of hydrogen-bond donors (Lipinski definition) is 2. The quantitative estimate of drug-likeness (QED) is 0.802. The summed E-state index contributed by atoms with van der Waals surface area (Å²) in [6.45, 7) is 0. The number of thioether (sulfide) groups is 1. The van der Waals surface area contributed by atoms with Crippen molar-refractivity contribution in [3.8, 4) is 0 Å². The second-order valence-electron chi connectivity index (χ2n) is 4.27. The Morgan fingerprint density at radius 3 is 2.65 bits per heavy atom. The maximum Gasteiger partial charge on any atom is 0.304 e. The summed E-state index contributed by atoms with van der Waals surface area (Å²) in [5.74, 6) is -0.252. The van der Waals surface area contributed by atoms with Gasteiger partial charge in [0.2, 0.25) is 5.91 Å². The van der Waals surface area contributed by atoms with Gasteiger partial charge in [-0.05, 0) is 11.5 Å². The van der Waals surface area contributed by atoms with E-state index in [-0.39, 0.29) is 18.1 Å². The lowest BCUT2D eigenvalue weighted by molar-refractivity contribution is -0.136. The minimum absolute atomic E-state index is 0.0756. The number of carbonyl (C=O) groups excluding carboxylic acids is 1. The van der Waals surface area contributed by atoms with Gasteiger partial charge in [0.15, 0.2) is 0 Å². The van der Waals surface area contributed by atoms with Gasteiger partial charge >= 0.3 is 5.97 Å². The van der Waals surface area contributed by atoms with Crippen LogP contribution in [0.1, 0.15) is 6.42 Å². The van der Waals surface area contributed by atoms with Crippen molar-refractivity contribution in [3.05, 3.63) is 42.5 Å². The van der Waals surface area contributed by atoms with Crippen LogP contribution in [0.25, 0.3) is 10.8 Å². The molecule has 20 heavy (non-hydrogen) atoms. The van der Waals surface area contributed by atoms with E-state index in [4.69, 9.17) is 5.11 Å². The summed E-state index contributed by atoms with van der Waals surface area (Å²) in [5.41, 5.74) is 0.784. The molecular formula is C15H15NO3S. The lowest BCUT2D eigenvalue weighted by Crippen LogP contribution is -2.14. The summed E-state index contributed by atoms with van der Waals surface area (Å²) in [6.07, 6.45) is 0.0756. The van der Waals surface area contributed by atoms with Gasteiger partial charge in [0.1, 0.15) is 0 Å². The summed E-state index contributed by atoms with van der Waals surface area (Å²) < 4.78 is 0. The molecule has 0 bridgehead atoms. The first-order valence-corrected chi connectivity index (χ1v) is 7.39. The Labute approximate surface area is 121 Å². The van der Waals surface area contributed by atoms with Crippen LogP contribution in [-0.2, 0) is 9.59 Å². The molecule has 0 atom stereocenters. The van der Waals surface area contributed by atoms with Crippen LogP contribution >= 0.6 is 11.8 Å². The number of aliphatic carboxylic acids is 1. The predicted octanol–water partition coefficient (Wildman–Crippen LogP) is 2.99. The van der Waals surface area contributed by atoms with Gasteiger partial charge < -0.3 is 10.4 Å². The van der Waals surface area contributed by atoms with E-state index in [9.17, 15) is 9.59 Å². The number of carbonyl (C=O) groups is 2. The van der Waals surface area contributed by atoms with Crippen LogP contribution in [0.4, 0.5) is 5.69 Å². The van der Waals surface area contributed by atoms with Gasteiger partial charge in [-0.3, -0.25) is 9.59 Å². The fraction of sp³-hybridized carbons (Fsp3) is 0.200. The molecule has 0 unspecified atom stereocenters. The third kappa shape index (κ3) is 3.99. The molecule has 0 fully saturated rings. The van der Waals surface area contributed by atoms with E-state index >= 15 is 0 Å². The van der Waals surface area contributed by atoms with Gasteiger partial charge in [-0.2, -0.15) is 11.8 Å². The number of rotatable bonds is 6. The number of carboxylic acid groups (broad SMARTS) is 1. The number of carboxylic acids is 1. The summed E-state index contributed by atoms with van der Waals surface area (Å²) >= 11 is 1.32. The van der Waals surface area contributed by atoms with E-state index in [1.54, 1.807) is 0 Å². The first-order valence-electron chi connectivity index (χ1n) is 6.24. The van der Waals surface area contributed by atoms with Crippen molar-refractivity contribution in [2.45, 2.75) is 6.42 Å². The number of hydrogen-bond acceptors (Lipinski definition) is 3. The van der Waals surface area contributed by atoms with E-state index < -0.39 is 5.97 Å². The van der Waals surface area contributed by atoms with Gasteiger partial charge in [0.05, 0.1) is 12.2 Å². The largest absolute Gasteiger partial charge is 0.481 e. The van der Waals surface area contributed by atoms with Crippen molar-refractivity contribution in [1.29, 1.82) is 0 Å². The van der Waals surface area contributed by atoms with Crippen LogP contribution in [0.15, 0.2) is 42.5 Å². The van der Waals surface area contributed by atoms with Crippen LogP contribution in [0, 0.1) is 0 Å². The smallest absolute Gasteiger partial charge is 0.304 e. The van der Waals surface area contributed by atoms with Crippen molar-refractivity contribution in [2.24, 2.45) is 0 Å². The number of benzene rings is 2. The molecule has 0 aliphatic heterocycles. The molecule has 1 amide bonds. The molecule has 0 aliphatic carbocycles. The number of fused-ring (bicyclic) bond motifs is 1. The Bertz CT molecular complexity index is 622. The zero-order valence-corrected chi connectivity index (χ0v) is 11.7. The second-order valence-corrected chi connectivity index (χ2v) is 5.38. The lowest BCUT2D eigenvalue weighted by Gasteiger charge is -2.08. The maximum absolute atomic E-state index is 11.8. The SMILES string of the molecule is O=C(O)CCSCC(=O)Nc1cccc2ccccc12. The van der Waals surface area contributed by atoms with E-state index in [2.05, 4.69) is 5.32 Å². The van der Waals surface area contributed by atoms with Crippen molar-refractivity contribution in [3.63, 3.8) is 0 Å². The molecule has 0 radical (unpaired) electrons. The average molecular weight is 289 g/mol. The minimum Gasteiger partial charge on any atom is -0.481 e. The fourth-order valence-electron chi connectivity index (χ4n) is 1.85. The molecule has 104 valence electrons. The Balaban J connectivity index is 1.94. The molecule has 0 saturated heterocycles. The molecule has 2 rings (SSSR count). The monoisotopic (exact) mass is 289 g/mol. The van der Waals surface area contributed by atoms with Gasteiger partial charge in [-0.1, -0.05) is 36.4 Å². The lowest BCUT2D eigenvalue weighted by atomic mass is 10.1. The van der Waals surface area contributed by atoms with E-state index in [0.717, 1.165) is 16.5 Å². The summed E-state index contributed by atoms with van der Waals surface area (Å²) in [4.78, 5) is 22.2. The van der Waals surface area contributed by atoms with Gasteiger partial charge in [-0.15, -0.1) is 0 Å². The molecule has 0 heterocycles. The van der Waals surface area contributed by atoms with E-state index in [1.165, 1.54) is 11.8 Å². The van der Waals surface area contributed by atoms with E-state index in [0.29, 0.717) is 5.75 Å². The molecule has 0 aliphatic rings. The highest BCUT2D eigenvalue weighted by Crippen LogP contribution is 2.23. The van der Waals surface area contributed by atoms with Crippen molar-refractivity contribution in [1.82, 2.24) is 0 Å². The number of anilines is 1. The molecular weight excluding hydrogens is 274 g/mol. The van der Waals surface area contributed by atoms with Gasteiger partial charge in [-0.25, -0.2) is 0 Å². The Morgan fingerprint density at radius 1 is 1.10 bits per heavy atom. The van der Waals surface area contributed by atoms with Crippen molar-refractivity contribution < 1.29 is 14.7 Å². The minimum atomic E-state index is -0.841. The molecule has 5 heteroatoms. The van der Waals surface area contributed by atoms with Crippen LogP contribution in [0.5, 0.6) is 0 Å². The highest BCUT2D eigenvalue weighted by atomic mass is 32.2. The number of amides is 1. The molecule has 0 saturated carbocycles. The van der Waals surface area contributed by atoms with Gasteiger partial charge in [0.25, 0.3) is 0 Å². The second kappa shape index (κ2) is 6.96. The molecule has 2 aromatic rings. The third-order valence-electron chi connectivity index (χ3n) is 2.76. The topological polar surface area (TPSA) is 66.4 Å². The van der Waals surface area contributed by atoms with Crippen molar-refractivity contribution in [2.75, 3.05) is 16.8 Å². The van der Waals surface area contributed by atoms with Crippen LogP contribution in [-0.4, -0.2) is 28.5 Å². The fourth-order valence-corrected chi connectivity index (χ4v) is 2.57. The first-order chi connectivity index (χ1) is 9.66. The molecule has 0 spiro atoms. The maximum atomic E-state index is 11.8. The van der Waals surface area contributed by atoms with Crippen molar-refractivity contribution >= 4 is 40.1 Å². The highest BCUT2D eigenvalue weighted by Gasteiger charge is 2.06. The first kappa shape index (κ1) is 14.4. The third-order valence-corrected chi connectivity index (χ3v) is 3.72. The zero-order chi connectivity index (χ0) is 14.4. The van der Waals surface area contributed by atoms with Gasteiger partial charge in [0, 0.05) is 16.8 Å². The standard InChI is InChI=1S/C15H15NO3S/c17-14(10-20-9-8-15(18)19)16-13-7-3-5-11-4-1-2-6-12(11)13/h1-7H,8-10H2,(H,16,17)(H,18,19). The molecule has 2 N–H and O–H groups in total. The zero-order valence-electron chi connectivity index (χ0n) is 10.8.